The number of aryl methyl sites for hydroxylation is 1. The van der Waals surface area contributed by atoms with Gasteiger partial charge in [0.15, 0.2) is 11.5 Å². The molecule has 0 spiro atoms. The molecule has 1 N–H and O–H groups in total. The average molecular weight is 327 g/mol. The van der Waals surface area contributed by atoms with Crippen LogP contribution in [0, 0.1) is 6.92 Å². The maximum absolute atomic E-state index is 11.1. The van der Waals surface area contributed by atoms with E-state index in [-0.39, 0.29) is 11.8 Å². The largest absolute Gasteiger partial charge is 0.486 e. The van der Waals surface area contributed by atoms with E-state index in [9.17, 15) is 4.79 Å². The van der Waals surface area contributed by atoms with Crippen molar-refractivity contribution in [1.29, 1.82) is 0 Å². The molecule has 0 radical (unpaired) electrons. The predicted octanol–water partition coefficient (Wildman–Crippen LogP) is 3.04. The van der Waals surface area contributed by atoms with E-state index in [4.69, 9.17) is 14.6 Å². The van der Waals surface area contributed by atoms with Gasteiger partial charge in [0.1, 0.15) is 13.2 Å². The van der Waals surface area contributed by atoms with Crippen molar-refractivity contribution in [3.63, 3.8) is 0 Å². The third-order valence-electron chi connectivity index (χ3n) is 3.85. The zero-order chi connectivity index (χ0) is 13.6. The van der Waals surface area contributed by atoms with Crippen molar-refractivity contribution in [2.24, 2.45) is 0 Å². The van der Waals surface area contributed by atoms with Crippen molar-refractivity contribution in [1.82, 2.24) is 0 Å². The second-order valence-electron chi connectivity index (χ2n) is 5.26. The molecule has 102 valence electrons. The van der Waals surface area contributed by atoms with Gasteiger partial charge in [-0.15, -0.1) is 0 Å². The maximum atomic E-state index is 11.1. The van der Waals surface area contributed by atoms with Gasteiger partial charge in [-0.1, -0.05) is 0 Å². The Morgan fingerprint density at radius 2 is 2.11 bits per heavy atom. The Labute approximate surface area is 119 Å². The molecule has 5 heteroatoms. The highest BCUT2D eigenvalue weighted by molar-refractivity contribution is 9.10. The molecule has 1 fully saturated rings. The summed E-state index contributed by atoms with van der Waals surface area (Å²) < 4.78 is 12.1. The molecule has 3 rings (SSSR count). The molecule has 2 aliphatic rings. The highest BCUT2D eigenvalue weighted by atomic mass is 79.9. The van der Waals surface area contributed by atoms with Crippen LogP contribution in [-0.2, 0) is 10.2 Å². The first-order chi connectivity index (χ1) is 9.03. The van der Waals surface area contributed by atoms with Crippen LogP contribution in [0.15, 0.2) is 10.5 Å². The number of benzene rings is 1. The van der Waals surface area contributed by atoms with Crippen molar-refractivity contribution in [3.8, 4) is 11.5 Å². The number of carboxylic acid groups (broad SMARTS) is 1. The van der Waals surface area contributed by atoms with Gasteiger partial charge in [-0.25, -0.2) is 0 Å². The summed E-state index contributed by atoms with van der Waals surface area (Å²) in [6.07, 6.45) is 2.00. The summed E-state index contributed by atoms with van der Waals surface area (Å²) in [5, 5.41) is 9.10. The van der Waals surface area contributed by atoms with Crippen LogP contribution in [0.4, 0.5) is 0 Å². The minimum Gasteiger partial charge on any atom is -0.486 e. The molecular weight excluding hydrogens is 312 g/mol. The van der Waals surface area contributed by atoms with Crippen molar-refractivity contribution in [2.45, 2.75) is 31.6 Å². The molecule has 0 unspecified atom stereocenters. The molecule has 0 atom stereocenters. The molecule has 19 heavy (non-hydrogen) atoms. The number of halogens is 1. The van der Waals surface area contributed by atoms with Crippen molar-refractivity contribution in [3.05, 3.63) is 21.7 Å². The van der Waals surface area contributed by atoms with Crippen LogP contribution in [0.1, 0.15) is 30.4 Å². The number of carboxylic acids is 1. The first-order valence-corrected chi connectivity index (χ1v) is 7.14. The van der Waals surface area contributed by atoms with Crippen LogP contribution in [0.2, 0.25) is 0 Å². The number of aliphatic carboxylic acids is 1. The second kappa shape index (κ2) is 4.40. The number of fused-ring (bicyclic) bond motifs is 1. The molecule has 1 aromatic carbocycles. The summed E-state index contributed by atoms with van der Waals surface area (Å²) in [6, 6.07) is 1.95. The van der Waals surface area contributed by atoms with Gasteiger partial charge in [-0.2, -0.15) is 0 Å². The van der Waals surface area contributed by atoms with Gasteiger partial charge in [0.25, 0.3) is 0 Å². The lowest BCUT2D eigenvalue weighted by atomic mass is 9.88. The van der Waals surface area contributed by atoms with Crippen molar-refractivity contribution in [2.75, 3.05) is 13.2 Å². The zero-order valence-corrected chi connectivity index (χ0v) is 12.2. The molecule has 1 heterocycles. The van der Waals surface area contributed by atoms with E-state index in [2.05, 4.69) is 15.9 Å². The van der Waals surface area contributed by atoms with Crippen LogP contribution in [0.25, 0.3) is 0 Å². The predicted molar refractivity (Wildman–Crippen MR) is 73.0 cm³/mol. The van der Waals surface area contributed by atoms with E-state index in [0.717, 1.165) is 34.2 Å². The summed E-state index contributed by atoms with van der Waals surface area (Å²) >= 11 is 3.59. The SMILES string of the molecule is Cc1cc2c(c(Br)c1C1(CC(=O)O)CC1)OCCO2. The molecule has 1 saturated carbocycles. The Bertz CT molecular complexity index is 549. The van der Waals surface area contributed by atoms with Crippen molar-refractivity contribution < 1.29 is 19.4 Å². The van der Waals surface area contributed by atoms with E-state index in [1.807, 2.05) is 13.0 Å². The number of hydrogen-bond donors (Lipinski definition) is 1. The molecule has 4 nitrogen and oxygen atoms in total. The zero-order valence-electron chi connectivity index (χ0n) is 10.7. The van der Waals surface area contributed by atoms with E-state index >= 15 is 0 Å². The fourth-order valence-electron chi connectivity index (χ4n) is 2.87. The lowest BCUT2D eigenvalue weighted by molar-refractivity contribution is -0.137. The normalized spacial score (nSPS) is 19.1. The first kappa shape index (κ1) is 12.8. The van der Waals surface area contributed by atoms with Gasteiger partial charge in [-0.3, -0.25) is 4.79 Å². The smallest absolute Gasteiger partial charge is 0.304 e. The van der Waals surface area contributed by atoms with Gasteiger partial charge >= 0.3 is 5.97 Å². The molecule has 1 aromatic rings. The Balaban J connectivity index is 2.09. The highest BCUT2D eigenvalue weighted by Crippen LogP contribution is 2.57. The van der Waals surface area contributed by atoms with E-state index in [1.165, 1.54) is 0 Å². The number of rotatable bonds is 3. The van der Waals surface area contributed by atoms with E-state index in [1.54, 1.807) is 0 Å². The molecule has 0 saturated heterocycles. The lowest BCUT2D eigenvalue weighted by Crippen LogP contribution is -2.19. The summed E-state index contributed by atoms with van der Waals surface area (Å²) in [4.78, 5) is 11.1. The molecule has 1 aliphatic heterocycles. The summed E-state index contributed by atoms with van der Waals surface area (Å²) in [5.74, 6) is 0.702. The minimum absolute atomic E-state index is 0.173. The third-order valence-corrected chi connectivity index (χ3v) is 4.60. The summed E-state index contributed by atoms with van der Waals surface area (Å²) in [6.45, 7) is 3.08. The van der Waals surface area contributed by atoms with E-state index < -0.39 is 5.97 Å². The van der Waals surface area contributed by atoms with Crippen LogP contribution in [-0.4, -0.2) is 24.3 Å². The van der Waals surface area contributed by atoms with Crippen LogP contribution >= 0.6 is 15.9 Å². The number of carbonyl (C=O) groups is 1. The quantitative estimate of drug-likeness (QED) is 0.927. The average Bonchev–Trinajstić information content (AvgIpc) is 3.08. The van der Waals surface area contributed by atoms with Crippen LogP contribution in [0.5, 0.6) is 11.5 Å². The molecular formula is C14H15BrO4. The molecule has 0 aromatic heterocycles. The fraction of sp³-hybridized carbons (Fsp3) is 0.500. The van der Waals surface area contributed by atoms with Gasteiger partial charge in [-0.05, 0) is 52.9 Å². The standard InChI is InChI=1S/C14H15BrO4/c1-8-6-9-13(19-5-4-18-9)12(15)11(8)14(2-3-14)7-10(16)17/h6H,2-5,7H2,1H3,(H,16,17). The number of hydrogen-bond acceptors (Lipinski definition) is 3. The minimum atomic E-state index is -0.751. The van der Waals surface area contributed by atoms with Gasteiger partial charge in [0, 0.05) is 5.41 Å². The topological polar surface area (TPSA) is 55.8 Å². The third kappa shape index (κ3) is 2.10. The highest BCUT2D eigenvalue weighted by Gasteiger charge is 2.48. The Kier molecular flexibility index (Phi) is 2.96. The Hall–Kier alpha value is -1.23. The maximum Gasteiger partial charge on any atom is 0.304 e. The Morgan fingerprint density at radius 1 is 1.42 bits per heavy atom. The molecule has 0 amide bonds. The summed E-state index contributed by atoms with van der Waals surface area (Å²) in [7, 11) is 0. The molecule has 1 aliphatic carbocycles. The molecule has 0 bridgehead atoms. The summed E-state index contributed by atoms with van der Waals surface area (Å²) in [5.41, 5.74) is 1.90. The fourth-order valence-corrected chi connectivity index (χ4v) is 3.92. The Morgan fingerprint density at radius 3 is 2.74 bits per heavy atom. The lowest BCUT2D eigenvalue weighted by Gasteiger charge is -2.25. The first-order valence-electron chi connectivity index (χ1n) is 6.34. The van der Waals surface area contributed by atoms with Gasteiger partial charge < -0.3 is 14.6 Å². The van der Waals surface area contributed by atoms with Crippen LogP contribution < -0.4 is 9.47 Å². The van der Waals surface area contributed by atoms with Gasteiger partial charge in [0.2, 0.25) is 0 Å². The second-order valence-corrected chi connectivity index (χ2v) is 6.05. The van der Waals surface area contributed by atoms with Crippen molar-refractivity contribution >= 4 is 21.9 Å². The van der Waals surface area contributed by atoms with Gasteiger partial charge in [0.05, 0.1) is 10.9 Å². The number of ether oxygens (including phenoxy) is 2. The van der Waals surface area contributed by atoms with E-state index in [0.29, 0.717) is 19.0 Å². The monoisotopic (exact) mass is 326 g/mol. The van der Waals surface area contributed by atoms with Crippen LogP contribution in [0.3, 0.4) is 0 Å².